The second kappa shape index (κ2) is 3.56. The monoisotopic (exact) mass is 157 g/mol. The van der Waals surface area contributed by atoms with E-state index in [0.29, 0.717) is 17.9 Å². The van der Waals surface area contributed by atoms with E-state index in [-0.39, 0.29) is 5.82 Å². The molecule has 10 heavy (non-hydrogen) atoms. The van der Waals surface area contributed by atoms with Crippen molar-refractivity contribution >= 4 is 12.6 Å². The number of halogens is 1. The van der Waals surface area contributed by atoms with E-state index in [4.69, 9.17) is 0 Å². The van der Waals surface area contributed by atoms with Crippen LogP contribution in [0.2, 0.25) is 0 Å². The van der Waals surface area contributed by atoms with Gasteiger partial charge in [-0.15, -0.1) is 0 Å². The van der Waals surface area contributed by atoms with Gasteiger partial charge in [0.05, 0.1) is 5.69 Å². The average molecular weight is 157 g/mol. The second-order valence-electron chi connectivity index (χ2n) is 1.91. The Labute approximate surface area is 64.7 Å². The molecule has 54 valence electrons. The summed E-state index contributed by atoms with van der Waals surface area (Å²) in [6.45, 7) is 0. The maximum atomic E-state index is 12.7. The zero-order valence-corrected chi connectivity index (χ0v) is 6.31. The zero-order valence-electron chi connectivity index (χ0n) is 5.42. The van der Waals surface area contributed by atoms with Gasteiger partial charge in [-0.25, -0.2) is 4.39 Å². The van der Waals surface area contributed by atoms with Crippen molar-refractivity contribution < 1.29 is 4.39 Å². The van der Waals surface area contributed by atoms with E-state index in [2.05, 4.69) is 17.6 Å². The predicted octanol–water partition coefficient (Wildman–Crippen LogP) is 1.69. The Bertz CT molecular complexity index is 215. The van der Waals surface area contributed by atoms with Gasteiger partial charge in [0, 0.05) is 12.6 Å². The topological polar surface area (TPSA) is 12.9 Å². The molecule has 3 heteroatoms. The van der Waals surface area contributed by atoms with Crippen LogP contribution in [-0.2, 0) is 6.42 Å². The van der Waals surface area contributed by atoms with Crippen LogP contribution in [0.3, 0.4) is 0 Å². The molecule has 0 bridgehead atoms. The van der Waals surface area contributed by atoms with Crippen molar-refractivity contribution in [3.8, 4) is 0 Å². The number of nitrogens with zero attached hydrogens (tertiary/aromatic N) is 1. The summed E-state index contributed by atoms with van der Waals surface area (Å²) < 4.78 is 12.7. The van der Waals surface area contributed by atoms with Crippen LogP contribution in [0.1, 0.15) is 5.69 Å². The van der Waals surface area contributed by atoms with E-state index < -0.39 is 0 Å². The summed E-state index contributed by atoms with van der Waals surface area (Å²) in [5, 5.41) is 0. The van der Waals surface area contributed by atoms with E-state index in [9.17, 15) is 4.39 Å². The van der Waals surface area contributed by atoms with Gasteiger partial charge < -0.3 is 0 Å². The van der Waals surface area contributed by atoms with E-state index in [0.717, 1.165) is 0 Å². The van der Waals surface area contributed by atoms with Crippen LogP contribution in [0, 0.1) is 5.82 Å². The molecule has 0 aliphatic heterocycles. The maximum absolute atomic E-state index is 12.7. The van der Waals surface area contributed by atoms with E-state index >= 15 is 0 Å². The molecule has 0 spiro atoms. The molecule has 0 amide bonds. The van der Waals surface area contributed by atoms with Gasteiger partial charge in [-0.05, 0) is 17.9 Å². The van der Waals surface area contributed by atoms with Crippen LogP contribution in [0.4, 0.5) is 4.39 Å². The molecule has 1 heterocycles. The van der Waals surface area contributed by atoms with Crippen molar-refractivity contribution in [3.63, 3.8) is 0 Å². The Hall–Kier alpha value is -0.570. The lowest BCUT2D eigenvalue weighted by Gasteiger charge is -1.96. The summed E-state index contributed by atoms with van der Waals surface area (Å²) in [5.41, 5.74) is 0.498. The van der Waals surface area contributed by atoms with E-state index in [1.165, 1.54) is 6.07 Å². The van der Waals surface area contributed by atoms with Gasteiger partial charge in [0.1, 0.15) is 5.82 Å². The number of rotatable bonds is 2. The highest BCUT2D eigenvalue weighted by atomic mass is 32.1. The van der Waals surface area contributed by atoms with Crippen LogP contribution < -0.4 is 0 Å². The van der Waals surface area contributed by atoms with Gasteiger partial charge in [0.25, 0.3) is 0 Å². The van der Waals surface area contributed by atoms with Gasteiger partial charge in [-0.1, -0.05) is 0 Å². The van der Waals surface area contributed by atoms with Gasteiger partial charge in [0.2, 0.25) is 0 Å². The minimum atomic E-state index is -0.239. The van der Waals surface area contributed by atoms with Crippen molar-refractivity contribution in [2.24, 2.45) is 0 Å². The molecule has 0 aromatic carbocycles. The molecule has 0 aliphatic carbocycles. The minimum Gasteiger partial charge on any atom is -0.258 e. The summed E-state index contributed by atoms with van der Waals surface area (Å²) in [7, 11) is 0. The van der Waals surface area contributed by atoms with Gasteiger partial charge in [-0.3, -0.25) is 4.98 Å². The quantitative estimate of drug-likeness (QED) is 0.645. The number of aryl methyl sites for hydroxylation is 1. The molecule has 0 unspecified atom stereocenters. The van der Waals surface area contributed by atoms with Crippen molar-refractivity contribution in [1.82, 2.24) is 4.98 Å². The fourth-order valence-electron chi connectivity index (χ4n) is 0.708. The highest BCUT2D eigenvalue weighted by molar-refractivity contribution is 7.80. The first-order valence-corrected chi connectivity index (χ1v) is 3.68. The number of aromatic nitrogens is 1. The van der Waals surface area contributed by atoms with Crippen molar-refractivity contribution in [3.05, 3.63) is 29.8 Å². The summed E-state index contributed by atoms with van der Waals surface area (Å²) in [6.07, 6.45) is 2.18. The number of thiol groups is 1. The Balaban J connectivity index is 2.81. The Morgan fingerprint density at radius 1 is 1.60 bits per heavy atom. The molecule has 1 nitrogen and oxygen atoms in total. The molecule has 0 N–H and O–H groups in total. The van der Waals surface area contributed by atoms with Crippen molar-refractivity contribution in [2.75, 3.05) is 5.75 Å². The van der Waals surface area contributed by atoms with Gasteiger partial charge in [-0.2, -0.15) is 12.6 Å². The smallest absolute Gasteiger partial charge is 0.144 e. The molecule has 1 rings (SSSR count). The largest absolute Gasteiger partial charge is 0.258 e. The van der Waals surface area contributed by atoms with Crippen LogP contribution in [-0.4, -0.2) is 10.7 Å². The standard InChI is InChI=1S/C7H8FNS/c8-6-2-1-4-9-7(6)3-5-10/h1-2,4,10H,3,5H2. The molecule has 0 aliphatic rings. The third kappa shape index (κ3) is 1.70. The summed E-state index contributed by atoms with van der Waals surface area (Å²) >= 11 is 3.97. The van der Waals surface area contributed by atoms with E-state index in [1.807, 2.05) is 0 Å². The first-order valence-electron chi connectivity index (χ1n) is 3.05. The second-order valence-corrected chi connectivity index (χ2v) is 2.35. The molecule has 0 saturated heterocycles. The van der Waals surface area contributed by atoms with Crippen LogP contribution in [0.5, 0.6) is 0 Å². The fraction of sp³-hybridized carbons (Fsp3) is 0.286. The molecule has 0 radical (unpaired) electrons. The normalized spacial score (nSPS) is 9.80. The summed E-state index contributed by atoms with van der Waals surface area (Å²) in [6, 6.07) is 2.99. The van der Waals surface area contributed by atoms with Crippen molar-refractivity contribution in [2.45, 2.75) is 6.42 Å². The zero-order chi connectivity index (χ0) is 7.40. The molecular weight excluding hydrogens is 149 g/mol. The molecule has 0 saturated carbocycles. The lowest BCUT2D eigenvalue weighted by atomic mass is 10.3. The summed E-state index contributed by atoms with van der Waals surface area (Å²) in [5.74, 6) is 0.394. The van der Waals surface area contributed by atoms with Crippen LogP contribution in [0.15, 0.2) is 18.3 Å². The maximum Gasteiger partial charge on any atom is 0.144 e. The number of pyridine rings is 1. The number of hydrogen-bond acceptors (Lipinski definition) is 2. The first-order chi connectivity index (χ1) is 4.84. The lowest BCUT2D eigenvalue weighted by molar-refractivity contribution is 0.602. The Morgan fingerprint density at radius 2 is 2.40 bits per heavy atom. The van der Waals surface area contributed by atoms with Crippen molar-refractivity contribution in [1.29, 1.82) is 0 Å². The summed E-state index contributed by atoms with van der Waals surface area (Å²) in [4.78, 5) is 3.84. The fourth-order valence-corrected chi connectivity index (χ4v) is 0.920. The third-order valence-electron chi connectivity index (χ3n) is 1.18. The highest BCUT2D eigenvalue weighted by Gasteiger charge is 1.98. The first kappa shape index (κ1) is 7.54. The van der Waals surface area contributed by atoms with Crippen LogP contribution in [0.25, 0.3) is 0 Å². The average Bonchev–Trinajstić information content (AvgIpc) is 1.94. The van der Waals surface area contributed by atoms with Gasteiger partial charge in [0.15, 0.2) is 0 Å². The van der Waals surface area contributed by atoms with E-state index in [1.54, 1.807) is 12.3 Å². The van der Waals surface area contributed by atoms with Gasteiger partial charge >= 0.3 is 0 Å². The SMILES string of the molecule is Fc1cccnc1CCS. The minimum absolute atomic E-state index is 0.239. The number of hydrogen-bond donors (Lipinski definition) is 1. The van der Waals surface area contributed by atoms with Crippen LogP contribution >= 0.6 is 12.6 Å². The molecule has 0 fully saturated rings. The Morgan fingerprint density at radius 3 is 3.00 bits per heavy atom. The highest BCUT2D eigenvalue weighted by Crippen LogP contribution is 2.03. The molecule has 1 aromatic heterocycles. The molecule has 0 atom stereocenters. The lowest BCUT2D eigenvalue weighted by Crippen LogP contribution is -1.94. The molecule has 1 aromatic rings. The Kier molecular flexibility index (Phi) is 2.68. The molecular formula is C7H8FNS. The predicted molar refractivity (Wildman–Crippen MR) is 41.8 cm³/mol. The third-order valence-corrected chi connectivity index (χ3v) is 1.41.